The van der Waals surface area contributed by atoms with Crippen LogP contribution in [0.25, 0.3) is 0 Å². The Morgan fingerprint density at radius 2 is 2.14 bits per heavy atom. The van der Waals surface area contributed by atoms with Gasteiger partial charge in [0.05, 0.1) is 20.3 Å². The maximum absolute atomic E-state index is 11.6. The van der Waals surface area contributed by atoms with Crippen LogP contribution < -0.4 is 10.2 Å². The summed E-state index contributed by atoms with van der Waals surface area (Å²) in [6.45, 7) is 7.25. The lowest BCUT2D eigenvalue weighted by Crippen LogP contribution is -2.37. The largest absolute Gasteiger partial charge is 0.468 e. The lowest BCUT2D eigenvalue weighted by atomic mass is 10.4. The number of esters is 1. The SMILES string of the molecule is CCNc1nc(S[C@H](C)C(=O)OC)nc(N2CCOCC2)n1. The van der Waals surface area contributed by atoms with Crippen LogP contribution in [0.2, 0.25) is 0 Å². The van der Waals surface area contributed by atoms with Crippen molar-refractivity contribution in [3.63, 3.8) is 0 Å². The van der Waals surface area contributed by atoms with Crippen molar-refractivity contribution in [3.8, 4) is 0 Å². The molecule has 1 aliphatic heterocycles. The van der Waals surface area contributed by atoms with Gasteiger partial charge < -0.3 is 19.7 Å². The van der Waals surface area contributed by atoms with Crippen LogP contribution in [0.1, 0.15) is 13.8 Å². The molecule has 1 aliphatic rings. The summed E-state index contributed by atoms with van der Waals surface area (Å²) in [6.07, 6.45) is 0. The number of aromatic nitrogens is 3. The lowest BCUT2D eigenvalue weighted by molar-refractivity contribution is -0.139. The predicted octanol–water partition coefficient (Wildman–Crippen LogP) is 0.794. The van der Waals surface area contributed by atoms with Crippen molar-refractivity contribution in [3.05, 3.63) is 0 Å². The van der Waals surface area contributed by atoms with E-state index in [4.69, 9.17) is 9.47 Å². The average molecular weight is 327 g/mol. The molecule has 0 radical (unpaired) electrons. The van der Waals surface area contributed by atoms with Crippen LogP contribution in [0.3, 0.4) is 0 Å². The Labute approximate surface area is 134 Å². The fourth-order valence-corrected chi connectivity index (χ4v) is 2.69. The number of ether oxygens (including phenoxy) is 2. The second kappa shape index (κ2) is 8.14. The third-order valence-electron chi connectivity index (χ3n) is 3.05. The number of methoxy groups -OCH3 is 1. The quantitative estimate of drug-likeness (QED) is 0.601. The van der Waals surface area contributed by atoms with Crippen molar-refractivity contribution in [2.45, 2.75) is 24.3 Å². The Balaban J connectivity index is 2.20. The minimum atomic E-state index is -0.376. The number of hydrogen-bond acceptors (Lipinski definition) is 9. The summed E-state index contributed by atoms with van der Waals surface area (Å²) in [7, 11) is 1.37. The number of rotatable bonds is 6. The van der Waals surface area contributed by atoms with Gasteiger partial charge in [-0.3, -0.25) is 4.79 Å². The molecule has 0 saturated carbocycles. The zero-order valence-electron chi connectivity index (χ0n) is 13.0. The van der Waals surface area contributed by atoms with Crippen molar-refractivity contribution < 1.29 is 14.3 Å². The molecule has 1 aromatic rings. The number of anilines is 2. The molecule has 1 fully saturated rings. The molecule has 1 aromatic heterocycles. The first-order valence-corrected chi connectivity index (χ1v) is 8.09. The van der Waals surface area contributed by atoms with Crippen molar-refractivity contribution in [1.29, 1.82) is 0 Å². The molecule has 122 valence electrons. The molecule has 0 unspecified atom stereocenters. The highest BCUT2D eigenvalue weighted by Crippen LogP contribution is 2.23. The number of hydrogen-bond donors (Lipinski definition) is 1. The molecule has 22 heavy (non-hydrogen) atoms. The van der Waals surface area contributed by atoms with E-state index in [1.54, 1.807) is 6.92 Å². The third-order valence-corrected chi connectivity index (χ3v) is 3.99. The van der Waals surface area contributed by atoms with Gasteiger partial charge in [-0.05, 0) is 13.8 Å². The van der Waals surface area contributed by atoms with Crippen molar-refractivity contribution in [2.24, 2.45) is 0 Å². The Kier molecular flexibility index (Phi) is 6.20. The van der Waals surface area contributed by atoms with E-state index in [0.29, 0.717) is 36.8 Å². The van der Waals surface area contributed by atoms with Gasteiger partial charge in [-0.15, -0.1) is 0 Å². The number of nitrogens with zero attached hydrogens (tertiary/aromatic N) is 4. The van der Waals surface area contributed by atoms with Gasteiger partial charge in [0, 0.05) is 19.6 Å². The molecule has 0 aromatic carbocycles. The van der Waals surface area contributed by atoms with Gasteiger partial charge in [-0.1, -0.05) is 11.8 Å². The van der Waals surface area contributed by atoms with Crippen LogP contribution >= 0.6 is 11.8 Å². The third kappa shape index (κ3) is 4.44. The summed E-state index contributed by atoms with van der Waals surface area (Å²) < 4.78 is 10.1. The van der Waals surface area contributed by atoms with Gasteiger partial charge in [-0.2, -0.15) is 15.0 Å². The van der Waals surface area contributed by atoms with E-state index in [1.165, 1.54) is 18.9 Å². The molecule has 1 saturated heterocycles. The van der Waals surface area contributed by atoms with Gasteiger partial charge in [-0.25, -0.2) is 0 Å². The molecule has 2 heterocycles. The van der Waals surface area contributed by atoms with Crippen LogP contribution in [-0.2, 0) is 14.3 Å². The van der Waals surface area contributed by atoms with Crippen LogP contribution in [0, 0.1) is 0 Å². The van der Waals surface area contributed by atoms with Crippen molar-refractivity contribution in [2.75, 3.05) is 50.2 Å². The first-order valence-electron chi connectivity index (χ1n) is 7.21. The van der Waals surface area contributed by atoms with Gasteiger partial charge in [0.25, 0.3) is 0 Å². The van der Waals surface area contributed by atoms with Gasteiger partial charge in [0.15, 0.2) is 5.16 Å². The van der Waals surface area contributed by atoms with E-state index < -0.39 is 0 Å². The van der Waals surface area contributed by atoms with E-state index in [-0.39, 0.29) is 11.2 Å². The molecule has 2 rings (SSSR count). The fraction of sp³-hybridized carbons (Fsp3) is 0.692. The number of carbonyl (C=O) groups excluding carboxylic acids is 1. The topological polar surface area (TPSA) is 89.5 Å². The molecule has 1 N–H and O–H groups in total. The maximum atomic E-state index is 11.6. The molecule has 0 aliphatic carbocycles. The first kappa shape index (κ1) is 16.8. The smallest absolute Gasteiger partial charge is 0.318 e. The van der Waals surface area contributed by atoms with Gasteiger partial charge >= 0.3 is 5.97 Å². The highest BCUT2D eigenvalue weighted by molar-refractivity contribution is 8.00. The summed E-state index contributed by atoms with van der Waals surface area (Å²) in [5.74, 6) is 0.815. The summed E-state index contributed by atoms with van der Waals surface area (Å²) in [5.41, 5.74) is 0. The second-order valence-corrected chi connectivity index (χ2v) is 5.96. The summed E-state index contributed by atoms with van der Waals surface area (Å²) in [4.78, 5) is 26.8. The van der Waals surface area contributed by atoms with Crippen molar-refractivity contribution in [1.82, 2.24) is 15.0 Å². The molecular formula is C13H21N5O3S. The maximum Gasteiger partial charge on any atom is 0.318 e. The van der Waals surface area contributed by atoms with E-state index in [2.05, 4.69) is 25.2 Å². The Morgan fingerprint density at radius 3 is 2.77 bits per heavy atom. The summed E-state index contributed by atoms with van der Waals surface area (Å²) >= 11 is 1.26. The highest BCUT2D eigenvalue weighted by atomic mass is 32.2. The zero-order chi connectivity index (χ0) is 15.9. The molecular weight excluding hydrogens is 306 g/mol. The Hall–Kier alpha value is -1.61. The van der Waals surface area contributed by atoms with Crippen LogP contribution in [0.4, 0.5) is 11.9 Å². The zero-order valence-corrected chi connectivity index (χ0v) is 13.9. The number of nitrogens with one attached hydrogen (secondary N) is 1. The minimum Gasteiger partial charge on any atom is -0.468 e. The fourth-order valence-electron chi connectivity index (χ4n) is 1.91. The van der Waals surface area contributed by atoms with E-state index in [1.807, 2.05) is 6.92 Å². The minimum absolute atomic E-state index is 0.302. The lowest BCUT2D eigenvalue weighted by Gasteiger charge is -2.27. The molecule has 9 heteroatoms. The van der Waals surface area contributed by atoms with E-state index in [0.717, 1.165) is 13.1 Å². The Morgan fingerprint density at radius 1 is 1.41 bits per heavy atom. The first-order chi connectivity index (χ1) is 10.6. The molecule has 0 bridgehead atoms. The monoisotopic (exact) mass is 327 g/mol. The van der Waals surface area contributed by atoms with E-state index >= 15 is 0 Å². The number of morpholine rings is 1. The second-order valence-electron chi connectivity index (χ2n) is 4.65. The average Bonchev–Trinajstić information content (AvgIpc) is 2.55. The Bertz CT molecular complexity index is 510. The van der Waals surface area contributed by atoms with E-state index in [9.17, 15) is 4.79 Å². The van der Waals surface area contributed by atoms with Gasteiger partial charge in [0.1, 0.15) is 5.25 Å². The standard InChI is InChI=1S/C13H21N5O3S/c1-4-14-11-15-12(18-5-7-21-8-6-18)17-13(16-11)22-9(2)10(19)20-3/h9H,4-8H2,1-3H3,(H,14,15,16,17)/t9-/m1/s1. The summed E-state index contributed by atoms with van der Waals surface area (Å²) in [5, 5.41) is 3.22. The molecule has 8 nitrogen and oxygen atoms in total. The van der Waals surface area contributed by atoms with Crippen LogP contribution in [-0.4, -0.2) is 66.1 Å². The summed E-state index contributed by atoms with van der Waals surface area (Å²) in [6, 6.07) is 0. The number of thioether (sulfide) groups is 1. The highest BCUT2D eigenvalue weighted by Gasteiger charge is 2.20. The normalized spacial score (nSPS) is 16.2. The van der Waals surface area contributed by atoms with Crippen molar-refractivity contribution >= 4 is 29.6 Å². The number of carbonyl (C=O) groups is 1. The molecule has 1 atom stereocenters. The van der Waals surface area contributed by atoms with Crippen LogP contribution in [0.5, 0.6) is 0 Å². The molecule has 0 spiro atoms. The van der Waals surface area contributed by atoms with Crippen LogP contribution in [0.15, 0.2) is 5.16 Å². The predicted molar refractivity (Wildman–Crippen MR) is 84.4 cm³/mol. The molecule has 0 amide bonds. The van der Waals surface area contributed by atoms with Gasteiger partial charge in [0.2, 0.25) is 11.9 Å².